The van der Waals surface area contributed by atoms with Crippen LogP contribution >= 0.6 is 0 Å². The quantitative estimate of drug-likeness (QED) is 0.897. The van der Waals surface area contributed by atoms with E-state index in [9.17, 15) is 9.90 Å². The molecule has 0 bridgehead atoms. The van der Waals surface area contributed by atoms with Crippen molar-refractivity contribution in [3.8, 4) is 0 Å². The van der Waals surface area contributed by atoms with Crippen LogP contribution in [0.2, 0.25) is 0 Å². The molecule has 1 N–H and O–H groups in total. The molecule has 0 unspecified atom stereocenters. The van der Waals surface area contributed by atoms with Gasteiger partial charge in [0.15, 0.2) is 0 Å². The van der Waals surface area contributed by atoms with Gasteiger partial charge < -0.3 is 10.0 Å². The van der Waals surface area contributed by atoms with E-state index in [1.807, 2.05) is 37.6 Å². The van der Waals surface area contributed by atoms with Gasteiger partial charge in [0.25, 0.3) is 0 Å². The van der Waals surface area contributed by atoms with Crippen molar-refractivity contribution in [2.24, 2.45) is 13.0 Å². The number of aryl methyl sites for hydroxylation is 1. The second-order valence-corrected chi connectivity index (χ2v) is 5.84. The Morgan fingerprint density at radius 3 is 2.91 bits per heavy atom. The van der Waals surface area contributed by atoms with Crippen LogP contribution in [0.4, 0.5) is 0 Å². The third-order valence-electron chi connectivity index (χ3n) is 4.26. The summed E-state index contributed by atoms with van der Waals surface area (Å²) >= 11 is 0. The number of hydrogen-bond donors (Lipinski definition) is 1. The van der Waals surface area contributed by atoms with Crippen LogP contribution < -0.4 is 0 Å². The Morgan fingerprint density at radius 2 is 2.27 bits per heavy atom. The molecule has 116 valence electrons. The van der Waals surface area contributed by atoms with Crippen molar-refractivity contribution in [1.82, 2.24) is 19.7 Å². The fourth-order valence-electron chi connectivity index (χ4n) is 3.10. The number of carboxylic acid groups (broad SMARTS) is 1. The lowest BCUT2D eigenvalue weighted by atomic mass is 9.93. The third kappa shape index (κ3) is 3.17. The molecule has 1 saturated heterocycles. The van der Waals surface area contributed by atoms with Crippen LogP contribution in [0.5, 0.6) is 0 Å². The smallest absolute Gasteiger partial charge is 0.308 e. The molecule has 0 spiro atoms. The molecule has 2 aromatic rings. The van der Waals surface area contributed by atoms with E-state index in [1.165, 1.54) is 5.56 Å². The van der Waals surface area contributed by atoms with Gasteiger partial charge in [-0.2, -0.15) is 5.10 Å². The van der Waals surface area contributed by atoms with Crippen molar-refractivity contribution in [1.29, 1.82) is 0 Å². The molecule has 22 heavy (non-hydrogen) atoms. The zero-order valence-electron chi connectivity index (χ0n) is 12.6. The number of carboxylic acids is 1. The highest BCUT2D eigenvalue weighted by molar-refractivity contribution is 5.72. The topological polar surface area (TPSA) is 71.2 Å². The SMILES string of the molecule is Cn1cc(CCN2C[C@H](C(=O)O)[C@@H](c3ccccn3)C2)cn1. The van der Waals surface area contributed by atoms with E-state index in [0.29, 0.717) is 6.54 Å². The highest BCUT2D eigenvalue weighted by Gasteiger charge is 2.38. The molecule has 6 heteroatoms. The predicted molar refractivity (Wildman–Crippen MR) is 81.5 cm³/mol. The number of hydrogen-bond acceptors (Lipinski definition) is 4. The normalized spacial score (nSPS) is 22.0. The Balaban J connectivity index is 1.66. The van der Waals surface area contributed by atoms with Crippen LogP contribution in [0.1, 0.15) is 17.2 Å². The summed E-state index contributed by atoms with van der Waals surface area (Å²) in [6.07, 6.45) is 6.48. The Labute approximate surface area is 129 Å². The predicted octanol–water partition coefficient (Wildman–Crippen LogP) is 1.16. The minimum atomic E-state index is -0.737. The molecule has 0 saturated carbocycles. The third-order valence-corrected chi connectivity index (χ3v) is 4.26. The zero-order valence-corrected chi connectivity index (χ0v) is 12.6. The number of aliphatic carboxylic acids is 1. The summed E-state index contributed by atoms with van der Waals surface area (Å²) in [5.41, 5.74) is 2.05. The summed E-state index contributed by atoms with van der Waals surface area (Å²) in [7, 11) is 1.90. The van der Waals surface area contributed by atoms with Crippen LogP contribution in [0.3, 0.4) is 0 Å². The first kappa shape index (κ1) is 14.7. The van der Waals surface area contributed by atoms with Crippen molar-refractivity contribution in [2.45, 2.75) is 12.3 Å². The van der Waals surface area contributed by atoms with Crippen LogP contribution in [0.15, 0.2) is 36.8 Å². The largest absolute Gasteiger partial charge is 0.481 e. The Hall–Kier alpha value is -2.21. The van der Waals surface area contributed by atoms with Crippen molar-refractivity contribution in [2.75, 3.05) is 19.6 Å². The summed E-state index contributed by atoms with van der Waals surface area (Å²) in [5, 5.41) is 13.6. The molecule has 1 aliphatic heterocycles. The fourth-order valence-corrected chi connectivity index (χ4v) is 3.10. The maximum Gasteiger partial charge on any atom is 0.308 e. The molecule has 0 aliphatic carbocycles. The summed E-state index contributed by atoms with van der Waals surface area (Å²) in [4.78, 5) is 18.1. The second kappa shape index (κ2) is 6.27. The average molecular weight is 300 g/mol. The summed E-state index contributed by atoms with van der Waals surface area (Å²) < 4.78 is 1.79. The molecule has 0 amide bonds. The van der Waals surface area contributed by atoms with E-state index in [4.69, 9.17) is 0 Å². The van der Waals surface area contributed by atoms with Crippen LogP contribution in [0, 0.1) is 5.92 Å². The van der Waals surface area contributed by atoms with E-state index >= 15 is 0 Å². The molecule has 2 atom stereocenters. The molecular weight excluding hydrogens is 280 g/mol. The monoisotopic (exact) mass is 300 g/mol. The van der Waals surface area contributed by atoms with Crippen LogP contribution in [-0.2, 0) is 18.3 Å². The standard InChI is InChI=1S/C16H20N4O2/c1-19-9-12(8-18-19)5-7-20-10-13(14(11-20)16(21)22)15-4-2-3-6-17-15/h2-4,6,8-9,13-14H,5,7,10-11H2,1H3,(H,21,22)/t13-,14-/m0/s1. The Kier molecular flexibility index (Phi) is 4.20. The van der Waals surface area contributed by atoms with Crippen molar-refractivity contribution >= 4 is 5.97 Å². The lowest BCUT2D eigenvalue weighted by Crippen LogP contribution is -2.25. The number of aromatic nitrogens is 3. The molecular formula is C16H20N4O2. The van der Waals surface area contributed by atoms with Gasteiger partial charge >= 0.3 is 5.97 Å². The molecule has 2 aromatic heterocycles. The summed E-state index contributed by atoms with van der Waals surface area (Å²) in [5.74, 6) is -1.16. The van der Waals surface area contributed by atoms with Gasteiger partial charge in [-0.05, 0) is 24.1 Å². The van der Waals surface area contributed by atoms with E-state index in [2.05, 4.69) is 15.0 Å². The van der Waals surface area contributed by atoms with Gasteiger partial charge in [-0.3, -0.25) is 14.5 Å². The Bertz CT molecular complexity index is 641. The molecule has 6 nitrogen and oxygen atoms in total. The van der Waals surface area contributed by atoms with Gasteiger partial charge in [-0.15, -0.1) is 0 Å². The van der Waals surface area contributed by atoms with Gasteiger partial charge in [0.1, 0.15) is 0 Å². The van der Waals surface area contributed by atoms with Gasteiger partial charge in [-0.25, -0.2) is 0 Å². The van der Waals surface area contributed by atoms with Gasteiger partial charge in [0, 0.05) is 50.7 Å². The number of rotatable bonds is 5. The first-order chi connectivity index (χ1) is 10.6. The number of nitrogens with zero attached hydrogens (tertiary/aromatic N) is 4. The maximum absolute atomic E-state index is 11.5. The summed E-state index contributed by atoms with van der Waals surface area (Å²) in [6.45, 7) is 2.17. The van der Waals surface area contributed by atoms with E-state index < -0.39 is 5.97 Å². The molecule has 1 aliphatic rings. The number of carbonyl (C=O) groups is 1. The Morgan fingerprint density at radius 1 is 1.41 bits per heavy atom. The minimum absolute atomic E-state index is 0.0346. The van der Waals surface area contributed by atoms with Crippen molar-refractivity contribution < 1.29 is 9.90 Å². The fraction of sp³-hybridized carbons (Fsp3) is 0.438. The number of pyridine rings is 1. The molecule has 1 fully saturated rings. The van der Waals surface area contributed by atoms with Crippen LogP contribution in [0.25, 0.3) is 0 Å². The molecule has 0 radical (unpaired) electrons. The highest BCUT2D eigenvalue weighted by Crippen LogP contribution is 2.31. The zero-order chi connectivity index (χ0) is 15.5. The van der Waals surface area contributed by atoms with Crippen molar-refractivity contribution in [3.05, 3.63) is 48.0 Å². The van der Waals surface area contributed by atoms with Gasteiger partial charge in [-0.1, -0.05) is 6.07 Å². The van der Waals surface area contributed by atoms with E-state index in [1.54, 1.807) is 10.9 Å². The molecule has 3 rings (SSSR count). The lowest BCUT2D eigenvalue weighted by Gasteiger charge is -2.15. The van der Waals surface area contributed by atoms with Gasteiger partial charge in [0.2, 0.25) is 0 Å². The first-order valence-corrected chi connectivity index (χ1v) is 7.47. The second-order valence-electron chi connectivity index (χ2n) is 5.84. The average Bonchev–Trinajstić information content (AvgIpc) is 3.12. The minimum Gasteiger partial charge on any atom is -0.481 e. The highest BCUT2D eigenvalue weighted by atomic mass is 16.4. The van der Waals surface area contributed by atoms with E-state index in [0.717, 1.165) is 25.2 Å². The maximum atomic E-state index is 11.5. The molecule has 3 heterocycles. The van der Waals surface area contributed by atoms with Crippen LogP contribution in [-0.4, -0.2) is 50.4 Å². The van der Waals surface area contributed by atoms with Crippen molar-refractivity contribution in [3.63, 3.8) is 0 Å². The van der Waals surface area contributed by atoms with Gasteiger partial charge in [0.05, 0.1) is 12.1 Å². The lowest BCUT2D eigenvalue weighted by molar-refractivity contribution is -0.141. The number of likely N-dealkylation sites (tertiary alicyclic amines) is 1. The summed E-state index contributed by atoms with van der Waals surface area (Å²) in [6, 6.07) is 5.69. The van der Waals surface area contributed by atoms with E-state index in [-0.39, 0.29) is 11.8 Å². The molecule has 0 aromatic carbocycles. The first-order valence-electron chi connectivity index (χ1n) is 7.47.